The van der Waals surface area contributed by atoms with Gasteiger partial charge in [-0.15, -0.1) is 0 Å². The van der Waals surface area contributed by atoms with Crippen LogP contribution in [0.3, 0.4) is 0 Å². The van der Waals surface area contributed by atoms with Gasteiger partial charge in [-0.1, -0.05) is 45.4 Å². The molecule has 0 nitrogen and oxygen atoms in total. The molecule has 0 radical (unpaired) electrons. The standard InChI is InChI=1S/C14H20ClF/c1-10(2)14(3,4)8-7-11-5-6-12(15)13(16)9-11/h5-6,9-10H,7-8H2,1-4H3. The molecule has 0 aliphatic rings. The maximum absolute atomic E-state index is 13.2. The fourth-order valence-corrected chi connectivity index (χ4v) is 1.57. The minimum atomic E-state index is -0.318. The van der Waals surface area contributed by atoms with Crippen molar-refractivity contribution in [3.8, 4) is 0 Å². The van der Waals surface area contributed by atoms with Crippen molar-refractivity contribution in [1.82, 2.24) is 0 Å². The second-order valence-corrected chi connectivity index (χ2v) is 5.80. The summed E-state index contributed by atoms with van der Waals surface area (Å²) < 4.78 is 13.2. The fraction of sp³-hybridized carbons (Fsp3) is 0.571. The second-order valence-electron chi connectivity index (χ2n) is 5.39. The Bertz CT molecular complexity index is 356. The first-order valence-corrected chi connectivity index (χ1v) is 6.14. The van der Waals surface area contributed by atoms with Crippen LogP contribution in [0.1, 0.15) is 39.7 Å². The molecule has 0 unspecified atom stereocenters. The smallest absolute Gasteiger partial charge is 0.142 e. The van der Waals surface area contributed by atoms with Gasteiger partial charge in [-0.2, -0.15) is 0 Å². The molecular weight excluding hydrogens is 223 g/mol. The topological polar surface area (TPSA) is 0 Å². The van der Waals surface area contributed by atoms with Crippen LogP contribution in [-0.2, 0) is 6.42 Å². The molecule has 0 spiro atoms. The summed E-state index contributed by atoms with van der Waals surface area (Å²) in [6.07, 6.45) is 1.96. The Morgan fingerprint density at radius 1 is 1.31 bits per heavy atom. The average Bonchev–Trinajstić information content (AvgIpc) is 2.20. The summed E-state index contributed by atoms with van der Waals surface area (Å²) in [7, 11) is 0. The van der Waals surface area contributed by atoms with Crippen molar-refractivity contribution >= 4 is 11.6 Å². The molecule has 0 aromatic heterocycles. The van der Waals surface area contributed by atoms with E-state index in [9.17, 15) is 4.39 Å². The van der Waals surface area contributed by atoms with Gasteiger partial charge >= 0.3 is 0 Å². The van der Waals surface area contributed by atoms with Gasteiger partial charge in [0.15, 0.2) is 0 Å². The van der Waals surface area contributed by atoms with E-state index in [0.717, 1.165) is 18.4 Å². The number of halogens is 2. The van der Waals surface area contributed by atoms with Crippen molar-refractivity contribution in [3.63, 3.8) is 0 Å². The van der Waals surface area contributed by atoms with E-state index in [0.29, 0.717) is 5.92 Å². The van der Waals surface area contributed by atoms with Gasteiger partial charge in [0.25, 0.3) is 0 Å². The molecule has 0 fully saturated rings. The largest absolute Gasteiger partial charge is 0.205 e. The van der Waals surface area contributed by atoms with Gasteiger partial charge in [0.2, 0.25) is 0 Å². The van der Waals surface area contributed by atoms with E-state index in [1.165, 1.54) is 0 Å². The molecule has 16 heavy (non-hydrogen) atoms. The van der Waals surface area contributed by atoms with Crippen molar-refractivity contribution in [2.24, 2.45) is 11.3 Å². The highest BCUT2D eigenvalue weighted by Gasteiger charge is 2.21. The Balaban J connectivity index is 2.65. The summed E-state index contributed by atoms with van der Waals surface area (Å²) in [4.78, 5) is 0. The maximum Gasteiger partial charge on any atom is 0.142 e. The zero-order chi connectivity index (χ0) is 12.3. The molecular formula is C14H20ClF. The number of hydrogen-bond donors (Lipinski definition) is 0. The Morgan fingerprint density at radius 3 is 2.44 bits per heavy atom. The van der Waals surface area contributed by atoms with Gasteiger partial charge < -0.3 is 0 Å². The quantitative estimate of drug-likeness (QED) is 0.690. The van der Waals surface area contributed by atoms with E-state index in [1.807, 2.05) is 6.07 Å². The number of benzene rings is 1. The number of aryl methyl sites for hydroxylation is 1. The van der Waals surface area contributed by atoms with E-state index in [-0.39, 0.29) is 16.3 Å². The van der Waals surface area contributed by atoms with Crippen LogP contribution < -0.4 is 0 Å². The van der Waals surface area contributed by atoms with Crippen molar-refractivity contribution in [2.75, 3.05) is 0 Å². The summed E-state index contributed by atoms with van der Waals surface area (Å²) in [5, 5.41) is 0.201. The average molecular weight is 243 g/mol. The lowest BCUT2D eigenvalue weighted by atomic mass is 9.77. The van der Waals surface area contributed by atoms with Gasteiger partial charge in [-0.25, -0.2) is 4.39 Å². The molecule has 0 aliphatic heterocycles. The van der Waals surface area contributed by atoms with E-state index in [1.54, 1.807) is 12.1 Å². The molecule has 0 saturated heterocycles. The first kappa shape index (κ1) is 13.5. The highest BCUT2D eigenvalue weighted by atomic mass is 35.5. The maximum atomic E-state index is 13.2. The Hall–Kier alpha value is -0.560. The molecule has 0 aliphatic carbocycles. The van der Waals surface area contributed by atoms with Gasteiger partial charge in [0.1, 0.15) is 5.82 Å². The predicted octanol–water partition coefficient (Wildman–Crippen LogP) is 5.09. The van der Waals surface area contributed by atoms with Crippen LogP contribution in [0.5, 0.6) is 0 Å². The van der Waals surface area contributed by atoms with Gasteiger partial charge in [-0.05, 0) is 41.9 Å². The lowest BCUT2D eigenvalue weighted by Gasteiger charge is -2.29. The molecule has 0 N–H and O–H groups in total. The predicted molar refractivity (Wildman–Crippen MR) is 68.4 cm³/mol. The summed E-state index contributed by atoms with van der Waals surface area (Å²) in [5.74, 6) is 0.311. The monoisotopic (exact) mass is 242 g/mol. The molecule has 0 bridgehead atoms. The summed E-state index contributed by atoms with van der Waals surface area (Å²) in [5.41, 5.74) is 1.31. The van der Waals surface area contributed by atoms with Gasteiger partial charge in [0.05, 0.1) is 5.02 Å². The molecule has 0 heterocycles. The number of rotatable bonds is 4. The van der Waals surface area contributed by atoms with Crippen molar-refractivity contribution in [1.29, 1.82) is 0 Å². The molecule has 2 heteroatoms. The minimum Gasteiger partial charge on any atom is -0.205 e. The third-order valence-electron chi connectivity index (χ3n) is 3.60. The highest BCUT2D eigenvalue weighted by Crippen LogP contribution is 2.31. The van der Waals surface area contributed by atoms with Crippen LogP contribution in [0.2, 0.25) is 5.02 Å². The zero-order valence-corrected chi connectivity index (χ0v) is 11.2. The van der Waals surface area contributed by atoms with Crippen molar-refractivity contribution < 1.29 is 4.39 Å². The first-order chi connectivity index (χ1) is 7.33. The molecule has 90 valence electrons. The summed E-state index contributed by atoms with van der Waals surface area (Å²) in [6, 6.07) is 5.08. The molecule has 1 aromatic rings. The second kappa shape index (κ2) is 5.18. The Labute approximate surface area is 103 Å². The van der Waals surface area contributed by atoms with E-state index >= 15 is 0 Å². The van der Waals surface area contributed by atoms with Crippen molar-refractivity contribution in [3.05, 3.63) is 34.6 Å². The van der Waals surface area contributed by atoms with Crippen molar-refractivity contribution in [2.45, 2.75) is 40.5 Å². The molecule has 0 atom stereocenters. The fourth-order valence-electron chi connectivity index (χ4n) is 1.45. The molecule has 0 amide bonds. The Morgan fingerprint density at radius 2 is 1.94 bits per heavy atom. The van der Waals surface area contributed by atoms with E-state index in [4.69, 9.17) is 11.6 Å². The van der Waals surface area contributed by atoms with Crippen LogP contribution >= 0.6 is 11.6 Å². The van der Waals surface area contributed by atoms with E-state index < -0.39 is 0 Å². The number of hydrogen-bond acceptors (Lipinski definition) is 0. The van der Waals surface area contributed by atoms with Crippen LogP contribution in [-0.4, -0.2) is 0 Å². The minimum absolute atomic E-state index is 0.201. The normalized spacial score (nSPS) is 12.2. The summed E-state index contributed by atoms with van der Waals surface area (Å²) >= 11 is 5.65. The zero-order valence-electron chi connectivity index (χ0n) is 10.5. The van der Waals surface area contributed by atoms with Gasteiger partial charge in [0, 0.05) is 0 Å². The SMILES string of the molecule is CC(C)C(C)(C)CCc1ccc(Cl)c(F)c1. The van der Waals surface area contributed by atoms with Crippen LogP contribution in [0.15, 0.2) is 18.2 Å². The van der Waals surface area contributed by atoms with Gasteiger partial charge in [-0.3, -0.25) is 0 Å². The molecule has 1 rings (SSSR count). The Kier molecular flexibility index (Phi) is 4.37. The highest BCUT2D eigenvalue weighted by molar-refractivity contribution is 6.30. The van der Waals surface area contributed by atoms with Crippen LogP contribution in [0.25, 0.3) is 0 Å². The third-order valence-corrected chi connectivity index (χ3v) is 3.91. The van der Waals surface area contributed by atoms with Crippen LogP contribution in [0, 0.1) is 17.2 Å². The summed E-state index contributed by atoms with van der Waals surface area (Å²) in [6.45, 7) is 8.96. The van der Waals surface area contributed by atoms with E-state index in [2.05, 4.69) is 27.7 Å². The lowest BCUT2D eigenvalue weighted by Crippen LogP contribution is -2.19. The van der Waals surface area contributed by atoms with Crippen LogP contribution in [0.4, 0.5) is 4.39 Å². The third kappa shape index (κ3) is 3.48. The lowest BCUT2D eigenvalue weighted by molar-refractivity contribution is 0.229. The first-order valence-electron chi connectivity index (χ1n) is 5.77. The molecule has 1 aromatic carbocycles. The molecule has 0 saturated carbocycles.